The maximum absolute atomic E-state index is 12.7. The first-order valence-corrected chi connectivity index (χ1v) is 9.67. The summed E-state index contributed by atoms with van der Waals surface area (Å²) in [5.74, 6) is -1.08. The van der Waals surface area contributed by atoms with Crippen LogP contribution < -0.4 is 5.32 Å². The molecule has 1 amide bonds. The molecule has 0 saturated carbocycles. The second-order valence-electron chi connectivity index (χ2n) is 7.83. The van der Waals surface area contributed by atoms with Crippen LogP contribution in [0.3, 0.4) is 0 Å². The van der Waals surface area contributed by atoms with Gasteiger partial charge in [-0.25, -0.2) is 9.78 Å². The monoisotopic (exact) mass is 367 g/mol. The van der Waals surface area contributed by atoms with Gasteiger partial charge in [0, 0.05) is 24.5 Å². The molecule has 0 bridgehead atoms. The highest BCUT2D eigenvalue weighted by Gasteiger charge is 2.35. The molecule has 0 aliphatic heterocycles. The molecule has 142 valence electrons. The number of hydrogen-bond acceptors (Lipinski definition) is 3. The molecular weight excluding hydrogens is 342 g/mol. The lowest BCUT2D eigenvalue weighted by molar-refractivity contribution is -0.147. The van der Waals surface area contributed by atoms with Gasteiger partial charge in [-0.05, 0) is 74.1 Å². The number of amides is 1. The van der Waals surface area contributed by atoms with Gasteiger partial charge in [-0.15, -0.1) is 0 Å². The van der Waals surface area contributed by atoms with Crippen LogP contribution in [-0.4, -0.2) is 26.5 Å². The van der Waals surface area contributed by atoms with E-state index in [4.69, 9.17) is 0 Å². The number of nitrogens with one attached hydrogen (secondary N) is 1. The molecule has 2 aliphatic rings. The Bertz CT molecular complexity index is 856. The first-order chi connectivity index (χ1) is 13.0. The van der Waals surface area contributed by atoms with Crippen molar-refractivity contribution in [3.63, 3.8) is 0 Å². The van der Waals surface area contributed by atoms with Gasteiger partial charge in [0.2, 0.25) is 5.91 Å². The van der Waals surface area contributed by atoms with E-state index >= 15 is 0 Å². The first kappa shape index (κ1) is 17.8. The van der Waals surface area contributed by atoms with Crippen molar-refractivity contribution < 1.29 is 14.7 Å². The Morgan fingerprint density at radius 3 is 2.41 bits per heavy atom. The zero-order valence-electron chi connectivity index (χ0n) is 15.6. The molecule has 27 heavy (non-hydrogen) atoms. The van der Waals surface area contributed by atoms with Crippen molar-refractivity contribution in [1.29, 1.82) is 0 Å². The molecule has 4 rings (SSSR count). The van der Waals surface area contributed by atoms with Crippen LogP contribution in [0.25, 0.3) is 0 Å². The third-order valence-electron chi connectivity index (χ3n) is 6.11. The third kappa shape index (κ3) is 3.13. The van der Waals surface area contributed by atoms with Crippen molar-refractivity contribution in [2.24, 2.45) is 0 Å². The van der Waals surface area contributed by atoms with Crippen molar-refractivity contribution in [1.82, 2.24) is 9.55 Å². The summed E-state index contributed by atoms with van der Waals surface area (Å²) >= 11 is 0. The van der Waals surface area contributed by atoms with Gasteiger partial charge < -0.3 is 15.0 Å². The number of aliphatic carboxylic acids is 1. The van der Waals surface area contributed by atoms with E-state index in [2.05, 4.69) is 16.4 Å². The average Bonchev–Trinajstić information content (AvgIpc) is 3.39. The fourth-order valence-electron chi connectivity index (χ4n) is 4.42. The second-order valence-corrected chi connectivity index (χ2v) is 7.83. The number of nitrogens with zero attached hydrogens (tertiary/aromatic N) is 2. The van der Waals surface area contributed by atoms with Crippen LogP contribution in [0.1, 0.15) is 54.9 Å². The average molecular weight is 367 g/mol. The summed E-state index contributed by atoms with van der Waals surface area (Å²) in [6.07, 6.45) is 11.5. The number of benzene rings is 1. The molecule has 0 spiro atoms. The Hall–Kier alpha value is -2.63. The van der Waals surface area contributed by atoms with Gasteiger partial charge >= 0.3 is 5.97 Å². The van der Waals surface area contributed by atoms with E-state index in [9.17, 15) is 14.7 Å². The minimum absolute atomic E-state index is 0.114. The van der Waals surface area contributed by atoms with Gasteiger partial charge in [-0.1, -0.05) is 6.07 Å². The summed E-state index contributed by atoms with van der Waals surface area (Å²) in [5, 5.41) is 12.8. The summed E-state index contributed by atoms with van der Waals surface area (Å²) in [6.45, 7) is 1.63. The highest BCUT2D eigenvalue weighted by Crippen LogP contribution is 2.38. The Morgan fingerprint density at radius 2 is 1.85 bits per heavy atom. The predicted octanol–water partition coefficient (Wildman–Crippen LogP) is 3.08. The molecule has 1 aromatic carbocycles. The smallest absolute Gasteiger partial charge is 0.329 e. The molecule has 0 fully saturated rings. The number of carbonyl (C=O) groups excluding carboxylic acids is 1. The lowest BCUT2D eigenvalue weighted by Gasteiger charge is -2.26. The highest BCUT2D eigenvalue weighted by molar-refractivity contribution is 5.93. The SMILES string of the molecule is CC(CCC(=O)Nc1c2c(cc3c1CCC3)CCC2)(C(=O)O)n1ccnc1. The number of aromatic nitrogens is 2. The number of hydrogen-bond donors (Lipinski definition) is 2. The molecule has 1 atom stereocenters. The lowest BCUT2D eigenvalue weighted by atomic mass is 9.94. The Labute approximate surface area is 158 Å². The van der Waals surface area contributed by atoms with Gasteiger partial charge in [0.05, 0.1) is 6.33 Å². The van der Waals surface area contributed by atoms with Gasteiger partial charge in [-0.2, -0.15) is 0 Å². The van der Waals surface area contributed by atoms with Crippen LogP contribution >= 0.6 is 0 Å². The minimum atomic E-state index is -1.19. The number of rotatable bonds is 6. The van der Waals surface area contributed by atoms with Crippen LogP contribution in [0, 0.1) is 0 Å². The first-order valence-electron chi connectivity index (χ1n) is 9.67. The quantitative estimate of drug-likeness (QED) is 0.822. The predicted molar refractivity (Wildman–Crippen MR) is 102 cm³/mol. The summed E-state index contributed by atoms with van der Waals surface area (Å²) in [5.41, 5.74) is 5.16. The number of imidazole rings is 1. The standard InChI is InChI=1S/C21H25N3O3/c1-21(20(26)27,24-11-10-22-13-24)9-8-18(25)23-19-16-6-2-4-14(16)12-15-5-3-7-17(15)19/h10-13H,2-9H2,1H3,(H,23,25)(H,26,27). The summed E-state index contributed by atoms with van der Waals surface area (Å²) in [7, 11) is 0. The highest BCUT2D eigenvalue weighted by atomic mass is 16.4. The normalized spacial score (nSPS) is 17.2. The Kier molecular flexibility index (Phi) is 4.50. The van der Waals surface area contributed by atoms with Crippen molar-refractivity contribution in [2.45, 2.75) is 63.8 Å². The van der Waals surface area contributed by atoms with Gasteiger partial charge in [0.1, 0.15) is 5.54 Å². The maximum Gasteiger partial charge on any atom is 0.329 e. The van der Waals surface area contributed by atoms with Crippen LogP contribution in [0.4, 0.5) is 5.69 Å². The molecule has 0 radical (unpaired) electrons. The molecule has 1 aromatic heterocycles. The molecule has 6 nitrogen and oxygen atoms in total. The topological polar surface area (TPSA) is 84.2 Å². The Morgan fingerprint density at radius 1 is 1.19 bits per heavy atom. The molecular formula is C21H25N3O3. The molecule has 6 heteroatoms. The number of carboxylic acids is 1. The zero-order valence-corrected chi connectivity index (χ0v) is 15.6. The van der Waals surface area contributed by atoms with E-state index < -0.39 is 11.5 Å². The van der Waals surface area contributed by atoms with E-state index in [1.165, 1.54) is 28.6 Å². The minimum Gasteiger partial charge on any atom is -0.479 e. The summed E-state index contributed by atoms with van der Waals surface area (Å²) in [4.78, 5) is 28.5. The summed E-state index contributed by atoms with van der Waals surface area (Å²) in [6, 6.07) is 2.33. The van der Waals surface area contributed by atoms with Crippen LogP contribution in [-0.2, 0) is 40.8 Å². The molecule has 0 saturated heterocycles. The fourth-order valence-corrected chi connectivity index (χ4v) is 4.42. The number of carbonyl (C=O) groups is 2. The fraction of sp³-hybridized carbons (Fsp3) is 0.476. The second kappa shape index (κ2) is 6.83. The molecule has 1 unspecified atom stereocenters. The number of carboxylic acid groups (broad SMARTS) is 1. The zero-order chi connectivity index (χ0) is 19.0. The van der Waals surface area contributed by atoms with Crippen molar-refractivity contribution in [3.8, 4) is 0 Å². The number of fused-ring (bicyclic) bond motifs is 2. The number of anilines is 1. The molecule has 1 heterocycles. The van der Waals surface area contributed by atoms with E-state index in [1.807, 2.05) is 0 Å². The largest absolute Gasteiger partial charge is 0.479 e. The number of aryl methyl sites for hydroxylation is 2. The lowest BCUT2D eigenvalue weighted by Crippen LogP contribution is -2.39. The van der Waals surface area contributed by atoms with Crippen LogP contribution in [0.15, 0.2) is 24.8 Å². The van der Waals surface area contributed by atoms with E-state index in [0.29, 0.717) is 0 Å². The maximum atomic E-state index is 12.7. The summed E-state index contributed by atoms with van der Waals surface area (Å²) < 4.78 is 1.56. The van der Waals surface area contributed by atoms with Crippen molar-refractivity contribution in [3.05, 3.63) is 47.0 Å². The van der Waals surface area contributed by atoms with E-state index in [-0.39, 0.29) is 18.7 Å². The van der Waals surface area contributed by atoms with Gasteiger partial charge in [0.25, 0.3) is 0 Å². The Balaban J connectivity index is 1.52. The van der Waals surface area contributed by atoms with Gasteiger partial charge in [-0.3, -0.25) is 4.79 Å². The van der Waals surface area contributed by atoms with Crippen LogP contribution in [0.2, 0.25) is 0 Å². The van der Waals surface area contributed by atoms with Crippen molar-refractivity contribution >= 4 is 17.6 Å². The van der Waals surface area contributed by atoms with Crippen molar-refractivity contribution in [2.75, 3.05) is 5.32 Å². The molecule has 2 aliphatic carbocycles. The molecule has 2 N–H and O–H groups in total. The molecule has 2 aromatic rings. The van der Waals surface area contributed by atoms with Crippen LogP contribution in [0.5, 0.6) is 0 Å². The van der Waals surface area contributed by atoms with Gasteiger partial charge in [0.15, 0.2) is 0 Å². The van der Waals surface area contributed by atoms with E-state index in [1.54, 1.807) is 23.9 Å². The third-order valence-corrected chi connectivity index (χ3v) is 6.11. The van der Waals surface area contributed by atoms with E-state index in [0.717, 1.165) is 44.2 Å².